The maximum absolute atomic E-state index is 10.5. The number of benzene rings is 1. The zero-order valence-corrected chi connectivity index (χ0v) is 11.1. The first kappa shape index (κ1) is 15.3. The smallest absolute Gasteiger partial charge is 0.300 e. The van der Waals surface area contributed by atoms with Crippen molar-refractivity contribution < 1.29 is 14.7 Å². The highest BCUT2D eigenvalue weighted by Gasteiger charge is 1.89. The monoisotopic (exact) mass is 269 g/mol. The lowest BCUT2D eigenvalue weighted by Gasteiger charge is -1.94. The molecule has 1 aromatic heterocycles. The van der Waals surface area contributed by atoms with Gasteiger partial charge in [0.25, 0.3) is 5.97 Å². The highest BCUT2D eigenvalue weighted by molar-refractivity contribution is 5.76. The van der Waals surface area contributed by atoms with E-state index in [1.165, 1.54) is 0 Å². The van der Waals surface area contributed by atoms with E-state index in [4.69, 9.17) is 9.90 Å². The first-order valence-corrected chi connectivity index (χ1v) is 5.94. The summed E-state index contributed by atoms with van der Waals surface area (Å²) >= 11 is 0. The van der Waals surface area contributed by atoms with Crippen molar-refractivity contribution in [1.82, 2.24) is 4.98 Å². The van der Waals surface area contributed by atoms with Crippen LogP contribution in [0.25, 0.3) is 12.2 Å². The lowest BCUT2D eigenvalue weighted by Crippen LogP contribution is -1.78. The number of carbonyl (C=O) groups excluding carboxylic acids is 1. The molecule has 4 heteroatoms. The molecule has 2 aromatic rings. The van der Waals surface area contributed by atoms with Crippen molar-refractivity contribution in [1.29, 1.82) is 0 Å². The Hall–Kier alpha value is -2.75. The van der Waals surface area contributed by atoms with Gasteiger partial charge in [0.15, 0.2) is 0 Å². The molecule has 0 saturated carbocycles. The van der Waals surface area contributed by atoms with E-state index in [-0.39, 0.29) is 0 Å². The number of aliphatic carboxylic acids is 1. The van der Waals surface area contributed by atoms with Crippen LogP contribution >= 0.6 is 0 Å². The molecule has 1 aromatic carbocycles. The average molecular weight is 269 g/mol. The van der Waals surface area contributed by atoms with Crippen LogP contribution in [-0.4, -0.2) is 22.3 Å². The van der Waals surface area contributed by atoms with Gasteiger partial charge in [0.05, 0.1) is 0 Å². The van der Waals surface area contributed by atoms with E-state index < -0.39 is 5.97 Å². The van der Waals surface area contributed by atoms with Crippen molar-refractivity contribution in [3.8, 4) is 0 Å². The Balaban J connectivity index is 0.000000444. The minimum atomic E-state index is -0.833. The molecule has 102 valence electrons. The Morgan fingerprint density at radius 2 is 1.35 bits per heavy atom. The molecule has 20 heavy (non-hydrogen) atoms. The lowest BCUT2D eigenvalue weighted by atomic mass is 10.1. The molecular formula is C16H15NO3. The van der Waals surface area contributed by atoms with Gasteiger partial charge in [0.1, 0.15) is 6.29 Å². The minimum absolute atomic E-state index is 0.695. The molecule has 2 rings (SSSR count). The molecule has 0 bridgehead atoms. The number of hydrogen-bond donors (Lipinski definition) is 1. The van der Waals surface area contributed by atoms with Gasteiger partial charge < -0.3 is 5.11 Å². The number of carboxylic acids is 1. The van der Waals surface area contributed by atoms with Crippen LogP contribution in [0, 0.1) is 0 Å². The number of aromatic nitrogens is 1. The second-order valence-corrected chi connectivity index (χ2v) is 3.92. The highest BCUT2D eigenvalue weighted by atomic mass is 16.4. The van der Waals surface area contributed by atoms with Crippen LogP contribution in [0.4, 0.5) is 0 Å². The van der Waals surface area contributed by atoms with E-state index in [0.29, 0.717) is 5.56 Å². The highest BCUT2D eigenvalue weighted by Crippen LogP contribution is 2.08. The van der Waals surface area contributed by atoms with Crippen molar-refractivity contribution in [3.63, 3.8) is 0 Å². The quantitative estimate of drug-likeness (QED) is 0.869. The van der Waals surface area contributed by atoms with Crippen LogP contribution in [-0.2, 0) is 4.79 Å². The van der Waals surface area contributed by atoms with E-state index in [1.807, 2.05) is 36.4 Å². The van der Waals surface area contributed by atoms with E-state index >= 15 is 0 Å². The maximum atomic E-state index is 10.5. The second-order valence-electron chi connectivity index (χ2n) is 3.92. The molecule has 4 nitrogen and oxygen atoms in total. The fraction of sp³-hybridized carbons (Fsp3) is 0.0625. The number of carbonyl (C=O) groups is 2. The number of carboxylic acid groups (broad SMARTS) is 1. The molecule has 0 saturated heterocycles. The molecule has 0 aliphatic heterocycles. The topological polar surface area (TPSA) is 67.3 Å². The summed E-state index contributed by atoms with van der Waals surface area (Å²) in [6, 6.07) is 11.3. The Bertz CT molecular complexity index is 570. The number of nitrogens with zero attached hydrogens (tertiary/aromatic N) is 1. The largest absolute Gasteiger partial charge is 0.481 e. The molecule has 1 heterocycles. The van der Waals surface area contributed by atoms with Gasteiger partial charge in [-0.2, -0.15) is 0 Å². The third-order valence-corrected chi connectivity index (χ3v) is 2.25. The molecule has 0 aliphatic rings. The fourth-order valence-corrected chi connectivity index (χ4v) is 1.35. The molecule has 0 fully saturated rings. The molecule has 1 N–H and O–H groups in total. The number of rotatable bonds is 3. The van der Waals surface area contributed by atoms with Crippen LogP contribution in [0.1, 0.15) is 28.4 Å². The first-order valence-electron chi connectivity index (χ1n) is 5.94. The molecule has 0 unspecified atom stereocenters. The van der Waals surface area contributed by atoms with E-state index in [0.717, 1.165) is 24.3 Å². The zero-order chi connectivity index (χ0) is 14.8. The van der Waals surface area contributed by atoms with Crippen molar-refractivity contribution in [2.24, 2.45) is 0 Å². The summed E-state index contributed by atoms with van der Waals surface area (Å²) in [6.07, 6.45) is 8.38. The summed E-state index contributed by atoms with van der Waals surface area (Å²) in [5, 5.41) is 7.42. The van der Waals surface area contributed by atoms with Crippen LogP contribution in [0.3, 0.4) is 0 Å². The lowest BCUT2D eigenvalue weighted by molar-refractivity contribution is -0.134. The summed E-state index contributed by atoms with van der Waals surface area (Å²) in [7, 11) is 0. The van der Waals surface area contributed by atoms with Gasteiger partial charge in [-0.25, -0.2) is 0 Å². The molecule has 0 atom stereocenters. The SMILES string of the molecule is CC(=O)O.O=Cc1ccc(C=Cc2ccncc2)cc1. The standard InChI is InChI=1S/C14H11NO.C2H4O2/c16-11-14-5-3-12(4-6-14)1-2-13-7-9-15-10-8-13;1-2(3)4/h1-11H;1H3,(H,3,4). The van der Waals surface area contributed by atoms with Gasteiger partial charge in [-0.15, -0.1) is 0 Å². The predicted molar refractivity (Wildman–Crippen MR) is 78.3 cm³/mol. The van der Waals surface area contributed by atoms with E-state index in [2.05, 4.69) is 4.98 Å². The van der Waals surface area contributed by atoms with Gasteiger partial charge in [0, 0.05) is 24.9 Å². The van der Waals surface area contributed by atoms with Crippen molar-refractivity contribution in [2.75, 3.05) is 0 Å². The fourth-order valence-electron chi connectivity index (χ4n) is 1.35. The normalized spacial score (nSPS) is 9.65. The molecule has 0 aliphatic carbocycles. The maximum Gasteiger partial charge on any atom is 0.300 e. The summed E-state index contributed by atoms with van der Waals surface area (Å²) < 4.78 is 0. The van der Waals surface area contributed by atoms with Crippen molar-refractivity contribution >= 4 is 24.4 Å². The third-order valence-electron chi connectivity index (χ3n) is 2.25. The van der Waals surface area contributed by atoms with Crippen LogP contribution in [0.2, 0.25) is 0 Å². The molecular weight excluding hydrogens is 254 g/mol. The summed E-state index contributed by atoms with van der Waals surface area (Å²) in [5.41, 5.74) is 2.87. The summed E-state index contributed by atoms with van der Waals surface area (Å²) in [4.78, 5) is 23.4. The predicted octanol–water partition coefficient (Wildman–Crippen LogP) is 3.16. The van der Waals surface area contributed by atoms with Gasteiger partial charge in [-0.05, 0) is 23.3 Å². The summed E-state index contributed by atoms with van der Waals surface area (Å²) in [5.74, 6) is -0.833. The second kappa shape index (κ2) is 8.37. The van der Waals surface area contributed by atoms with Gasteiger partial charge in [-0.1, -0.05) is 36.4 Å². The van der Waals surface area contributed by atoms with Gasteiger partial charge in [0.2, 0.25) is 0 Å². The van der Waals surface area contributed by atoms with Crippen LogP contribution < -0.4 is 0 Å². The third kappa shape index (κ3) is 6.26. The van der Waals surface area contributed by atoms with E-state index in [9.17, 15) is 4.79 Å². The van der Waals surface area contributed by atoms with Gasteiger partial charge >= 0.3 is 0 Å². The molecule has 0 radical (unpaired) electrons. The first-order chi connectivity index (χ1) is 9.61. The van der Waals surface area contributed by atoms with Crippen LogP contribution in [0.5, 0.6) is 0 Å². The van der Waals surface area contributed by atoms with Crippen molar-refractivity contribution in [3.05, 3.63) is 65.5 Å². The number of pyridine rings is 1. The van der Waals surface area contributed by atoms with E-state index in [1.54, 1.807) is 24.5 Å². The minimum Gasteiger partial charge on any atom is -0.481 e. The number of hydrogen-bond acceptors (Lipinski definition) is 3. The number of aldehydes is 1. The van der Waals surface area contributed by atoms with Gasteiger partial charge in [-0.3, -0.25) is 14.6 Å². The average Bonchev–Trinajstić information content (AvgIpc) is 2.46. The Labute approximate surface area is 117 Å². The van der Waals surface area contributed by atoms with Crippen molar-refractivity contribution in [2.45, 2.75) is 6.92 Å². The Morgan fingerprint density at radius 3 is 1.80 bits per heavy atom. The van der Waals surface area contributed by atoms with Crippen LogP contribution in [0.15, 0.2) is 48.8 Å². The summed E-state index contributed by atoms with van der Waals surface area (Å²) in [6.45, 7) is 1.08. The zero-order valence-electron chi connectivity index (χ0n) is 11.1. The molecule has 0 amide bonds. The Kier molecular flexibility index (Phi) is 6.41. The Morgan fingerprint density at radius 1 is 0.950 bits per heavy atom. The molecule has 0 spiro atoms.